The Morgan fingerprint density at radius 2 is 1.96 bits per heavy atom. The summed E-state index contributed by atoms with van der Waals surface area (Å²) >= 11 is 0.715. The smallest absolute Gasteiger partial charge is 0.360 e. The molecule has 130 valence electrons. The molecule has 0 rings (SSSR count). The number of hydrogen-bond donors (Lipinski definition) is 5. The van der Waals surface area contributed by atoms with Crippen molar-refractivity contribution in [2.45, 2.75) is 24.9 Å². The zero-order chi connectivity index (χ0) is 17.8. The Bertz CT molecular complexity index is 459. The number of amides is 2. The van der Waals surface area contributed by atoms with Crippen molar-refractivity contribution in [2.75, 3.05) is 12.3 Å². The van der Waals surface area contributed by atoms with Gasteiger partial charge in [0.1, 0.15) is 18.6 Å². The Morgan fingerprint density at radius 3 is 2.48 bits per heavy atom. The van der Waals surface area contributed by atoms with Crippen molar-refractivity contribution >= 4 is 41.1 Å². The molecule has 0 saturated heterocycles. The highest BCUT2D eigenvalue weighted by atomic mass is 32.2. The summed E-state index contributed by atoms with van der Waals surface area (Å²) in [5, 5.41) is 21.0. The SMILES string of the molecule is N[C@@H](CCC(=O)N[C@@H](CSC=O)C(=O)NCC(=O)OO)C(=O)O. The van der Waals surface area contributed by atoms with Crippen molar-refractivity contribution in [1.29, 1.82) is 0 Å². The van der Waals surface area contributed by atoms with Gasteiger partial charge in [0.2, 0.25) is 11.8 Å². The molecule has 0 aliphatic heterocycles. The third kappa shape index (κ3) is 9.44. The molecule has 0 unspecified atom stereocenters. The van der Waals surface area contributed by atoms with Crippen LogP contribution in [0.25, 0.3) is 0 Å². The number of thioether (sulfide) groups is 1. The van der Waals surface area contributed by atoms with E-state index in [0.717, 1.165) is 0 Å². The van der Waals surface area contributed by atoms with E-state index >= 15 is 0 Å². The number of hydrogen-bond acceptors (Lipinski definition) is 9. The van der Waals surface area contributed by atoms with Crippen molar-refractivity contribution in [1.82, 2.24) is 10.6 Å². The van der Waals surface area contributed by atoms with E-state index in [0.29, 0.717) is 17.4 Å². The number of carboxylic acids is 1. The summed E-state index contributed by atoms with van der Waals surface area (Å²) < 4.78 is 0. The van der Waals surface area contributed by atoms with Crippen molar-refractivity contribution in [2.24, 2.45) is 5.73 Å². The molecule has 12 heteroatoms. The number of nitrogens with one attached hydrogen (secondary N) is 2. The van der Waals surface area contributed by atoms with Crippen LogP contribution in [0.2, 0.25) is 0 Å². The number of nitrogens with two attached hydrogens (primary N) is 1. The first kappa shape index (κ1) is 20.8. The van der Waals surface area contributed by atoms with Gasteiger partial charge in [-0.1, -0.05) is 11.8 Å². The summed E-state index contributed by atoms with van der Waals surface area (Å²) in [6.45, 7) is -0.628. The lowest BCUT2D eigenvalue weighted by molar-refractivity contribution is -0.233. The summed E-state index contributed by atoms with van der Waals surface area (Å²) in [5.74, 6) is -3.89. The highest BCUT2D eigenvalue weighted by Crippen LogP contribution is 2.01. The molecular formula is C11H17N3O8S. The molecule has 6 N–H and O–H groups in total. The van der Waals surface area contributed by atoms with Gasteiger partial charge in [-0.25, -0.2) is 4.79 Å². The normalized spacial score (nSPS) is 12.6. The lowest BCUT2D eigenvalue weighted by Gasteiger charge is -2.17. The van der Waals surface area contributed by atoms with Crippen molar-refractivity contribution in [3.63, 3.8) is 0 Å². The van der Waals surface area contributed by atoms with Gasteiger partial charge in [0.15, 0.2) is 5.62 Å². The fraction of sp³-hybridized carbons (Fsp3) is 0.545. The van der Waals surface area contributed by atoms with Crippen molar-refractivity contribution < 1.29 is 39.2 Å². The number of aliphatic carboxylic acids is 1. The summed E-state index contributed by atoms with van der Waals surface area (Å²) in [4.78, 5) is 58.4. The van der Waals surface area contributed by atoms with Crippen molar-refractivity contribution in [3.8, 4) is 0 Å². The molecule has 0 aromatic heterocycles. The average molecular weight is 351 g/mol. The van der Waals surface area contributed by atoms with Gasteiger partial charge in [0.05, 0.1) is 0 Å². The molecule has 0 aliphatic rings. The van der Waals surface area contributed by atoms with E-state index in [-0.39, 0.29) is 18.6 Å². The molecule has 0 bridgehead atoms. The highest BCUT2D eigenvalue weighted by molar-refractivity contribution is 8.11. The third-order valence-electron chi connectivity index (χ3n) is 2.49. The van der Waals surface area contributed by atoms with E-state index in [1.807, 2.05) is 0 Å². The van der Waals surface area contributed by atoms with Crippen LogP contribution in [0, 0.1) is 0 Å². The van der Waals surface area contributed by atoms with Crippen LogP contribution in [-0.4, -0.2) is 64.1 Å². The van der Waals surface area contributed by atoms with E-state index in [4.69, 9.17) is 16.1 Å². The maximum Gasteiger partial charge on any atom is 0.360 e. The molecule has 11 nitrogen and oxygen atoms in total. The predicted octanol–water partition coefficient (Wildman–Crippen LogP) is -2.28. The number of carboxylic acid groups (broad SMARTS) is 1. The summed E-state index contributed by atoms with van der Waals surface area (Å²) in [6.07, 6.45) is -0.366. The van der Waals surface area contributed by atoms with Crippen LogP contribution in [0.5, 0.6) is 0 Å². The van der Waals surface area contributed by atoms with E-state index in [1.165, 1.54) is 0 Å². The molecule has 0 saturated carbocycles. The fourth-order valence-electron chi connectivity index (χ4n) is 1.31. The maximum absolute atomic E-state index is 11.8. The van der Waals surface area contributed by atoms with Crippen LogP contribution in [-0.2, 0) is 28.9 Å². The minimum Gasteiger partial charge on any atom is -0.480 e. The van der Waals surface area contributed by atoms with Gasteiger partial charge in [-0.15, -0.1) is 0 Å². The summed E-state index contributed by atoms with van der Waals surface area (Å²) in [5.41, 5.74) is 5.71. The molecule has 0 aliphatic carbocycles. The van der Waals surface area contributed by atoms with Gasteiger partial charge in [-0.2, -0.15) is 5.26 Å². The van der Waals surface area contributed by atoms with Gasteiger partial charge >= 0.3 is 11.9 Å². The fourth-order valence-corrected chi connectivity index (χ4v) is 1.82. The van der Waals surface area contributed by atoms with Gasteiger partial charge in [0.25, 0.3) is 0 Å². The second kappa shape index (κ2) is 11.4. The molecule has 0 aromatic carbocycles. The molecule has 0 radical (unpaired) electrons. The molecule has 0 heterocycles. The average Bonchev–Trinajstić information content (AvgIpc) is 2.53. The molecule has 23 heavy (non-hydrogen) atoms. The van der Waals surface area contributed by atoms with Crippen LogP contribution in [0.3, 0.4) is 0 Å². The van der Waals surface area contributed by atoms with Crippen LogP contribution in [0.1, 0.15) is 12.8 Å². The Labute approximate surface area is 134 Å². The largest absolute Gasteiger partial charge is 0.480 e. The lowest BCUT2D eigenvalue weighted by atomic mass is 10.1. The molecule has 2 atom stereocenters. The number of carbonyl (C=O) groups excluding carboxylic acids is 4. The summed E-state index contributed by atoms with van der Waals surface area (Å²) in [7, 11) is 0. The van der Waals surface area contributed by atoms with Gasteiger partial charge in [-0.05, 0) is 6.42 Å². The third-order valence-corrected chi connectivity index (χ3v) is 3.15. The quantitative estimate of drug-likeness (QED) is 0.154. The first-order chi connectivity index (χ1) is 10.8. The van der Waals surface area contributed by atoms with Crippen LogP contribution < -0.4 is 16.4 Å². The second-order valence-electron chi connectivity index (χ2n) is 4.21. The Balaban J connectivity index is 4.49. The standard InChI is InChI=1S/C11H17N3O8S/c12-6(11(19)20)1-2-8(16)14-7(4-23-5-15)10(18)13-3-9(17)22-21/h5-7,21H,1-4,12H2,(H,13,18)(H,14,16)(H,19,20)/t6-,7-/m0/s1. The zero-order valence-electron chi connectivity index (χ0n) is 11.9. The Hall–Kier alpha value is -2.18. The minimum absolute atomic E-state index is 0.0970. The monoisotopic (exact) mass is 351 g/mol. The minimum atomic E-state index is -1.26. The molecule has 0 fully saturated rings. The molecule has 0 aromatic rings. The van der Waals surface area contributed by atoms with Crippen LogP contribution in [0.15, 0.2) is 0 Å². The van der Waals surface area contributed by atoms with Gasteiger partial charge in [-0.3, -0.25) is 24.1 Å². The van der Waals surface area contributed by atoms with E-state index < -0.39 is 42.4 Å². The molecule has 0 spiro atoms. The van der Waals surface area contributed by atoms with E-state index in [9.17, 15) is 24.0 Å². The maximum atomic E-state index is 11.8. The Kier molecular flexibility index (Phi) is 10.3. The first-order valence-corrected chi connectivity index (χ1v) is 7.31. The summed E-state index contributed by atoms with van der Waals surface area (Å²) in [6, 6.07) is -2.35. The van der Waals surface area contributed by atoms with Crippen LogP contribution >= 0.6 is 11.8 Å². The predicted molar refractivity (Wildman–Crippen MR) is 77.7 cm³/mol. The highest BCUT2D eigenvalue weighted by Gasteiger charge is 2.22. The lowest BCUT2D eigenvalue weighted by Crippen LogP contribution is -2.49. The number of rotatable bonds is 11. The molecule has 2 amide bonds. The molecular weight excluding hydrogens is 334 g/mol. The zero-order valence-corrected chi connectivity index (χ0v) is 12.7. The number of carbonyl (C=O) groups is 5. The topological polar surface area (TPSA) is 185 Å². The van der Waals surface area contributed by atoms with E-state index in [1.54, 1.807) is 0 Å². The van der Waals surface area contributed by atoms with Crippen molar-refractivity contribution in [3.05, 3.63) is 0 Å². The van der Waals surface area contributed by atoms with Gasteiger partial charge < -0.3 is 21.5 Å². The van der Waals surface area contributed by atoms with Gasteiger partial charge in [0, 0.05) is 12.2 Å². The Morgan fingerprint density at radius 1 is 1.30 bits per heavy atom. The second-order valence-corrected chi connectivity index (χ2v) is 5.07. The first-order valence-electron chi connectivity index (χ1n) is 6.26. The van der Waals surface area contributed by atoms with Crippen LogP contribution in [0.4, 0.5) is 0 Å². The van der Waals surface area contributed by atoms with E-state index in [2.05, 4.69) is 15.5 Å².